The minimum absolute atomic E-state index is 0.105. The Balaban J connectivity index is 1.78. The number of amides is 1. The summed E-state index contributed by atoms with van der Waals surface area (Å²) in [7, 11) is 0. The second kappa shape index (κ2) is 7.20. The number of carbonyl (C=O) groups excluding carboxylic acids is 1. The van der Waals surface area contributed by atoms with Gasteiger partial charge in [-0.05, 0) is 40.8 Å². The van der Waals surface area contributed by atoms with Gasteiger partial charge in [-0.2, -0.15) is 0 Å². The Morgan fingerprint density at radius 2 is 1.73 bits per heavy atom. The van der Waals surface area contributed by atoms with Gasteiger partial charge >= 0.3 is 0 Å². The third-order valence-corrected chi connectivity index (χ3v) is 5.32. The van der Waals surface area contributed by atoms with E-state index in [1.807, 2.05) is 4.90 Å². The Kier molecular flexibility index (Phi) is 4.61. The first-order valence-corrected chi connectivity index (χ1v) is 9.36. The smallest absolute Gasteiger partial charge is 0.210 e. The topological polar surface area (TPSA) is 32.3 Å². The van der Waals surface area contributed by atoms with Gasteiger partial charge in [-0.25, -0.2) is 0 Å². The van der Waals surface area contributed by atoms with Crippen molar-refractivity contribution in [3.63, 3.8) is 0 Å². The number of carbonyl (C=O) groups is 1. The van der Waals surface area contributed by atoms with Crippen LogP contribution in [0.5, 0.6) is 0 Å². The minimum Gasteiger partial charge on any atom is -0.378 e. The molecule has 2 atom stereocenters. The Hall–Kier alpha value is -2.81. The number of rotatable bonds is 5. The lowest BCUT2D eigenvalue weighted by Gasteiger charge is -2.38. The molecule has 1 heterocycles. The number of hydrogen-bond acceptors (Lipinski definition) is 2. The summed E-state index contributed by atoms with van der Waals surface area (Å²) >= 11 is 0. The Morgan fingerprint density at radius 3 is 2.58 bits per heavy atom. The minimum atomic E-state index is 0.105. The highest BCUT2D eigenvalue weighted by Gasteiger charge is 2.31. The fourth-order valence-corrected chi connectivity index (χ4v) is 4.13. The van der Waals surface area contributed by atoms with Crippen LogP contribution in [-0.4, -0.2) is 17.9 Å². The molecule has 0 spiro atoms. The van der Waals surface area contributed by atoms with E-state index in [2.05, 4.69) is 79.0 Å². The van der Waals surface area contributed by atoms with Crippen LogP contribution < -0.4 is 5.32 Å². The number of para-hydroxylation sites is 1. The van der Waals surface area contributed by atoms with Crippen LogP contribution in [0.3, 0.4) is 0 Å². The molecule has 0 aliphatic carbocycles. The van der Waals surface area contributed by atoms with Crippen LogP contribution in [-0.2, 0) is 4.79 Å². The molecule has 3 aromatic carbocycles. The number of nitrogens with one attached hydrogen (secondary N) is 1. The van der Waals surface area contributed by atoms with Crippen molar-refractivity contribution in [1.29, 1.82) is 0 Å². The molecule has 1 aliphatic heterocycles. The van der Waals surface area contributed by atoms with Crippen molar-refractivity contribution in [3.05, 3.63) is 77.9 Å². The van der Waals surface area contributed by atoms with E-state index in [9.17, 15) is 4.79 Å². The lowest BCUT2D eigenvalue weighted by atomic mass is 9.86. The Bertz CT molecular complexity index is 915. The molecule has 0 fully saturated rings. The molecule has 0 bridgehead atoms. The molecule has 1 amide bonds. The molecule has 3 aromatic rings. The molecule has 3 heteroatoms. The Labute approximate surface area is 154 Å². The van der Waals surface area contributed by atoms with Gasteiger partial charge in [-0.1, -0.05) is 67.6 Å². The largest absolute Gasteiger partial charge is 0.378 e. The molecule has 1 N–H and O–H groups in total. The van der Waals surface area contributed by atoms with Crippen LogP contribution >= 0.6 is 0 Å². The monoisotopic (exact) mass is 344 g/mol. The summed E-state index contributed by atoms with van der Waals surface area (Å²) in [6.45, 7) is 2.90. The van der Waals surface area contributed by atoms with E-state index in [4.69, 9.17) is 0 Å². The maximum absolute atomic E-state index is 11.8. The third-order valence-electron chi connectivity index (χ3n) is 5.32. The maximum atomic E-state index is 11.8. The molecule has 4 rings (SSSR count). The van der Waals surface area contributed by atoms with Crippen LogP contribution in [0.4, 0.5) is 5.69 Å². The van der Waals surface area contributed by atoms with Crippen molar-refractivity contribution in [1.82, 2.24) is 4.90 Å². The van der Waals surface area contributed by atoms with Crippen LogP contribution in [0.15, 0.2) is 66.7 Å². The molecule has 26 heavy (non-hydrogen) atoms. The highest BCUT2D eigenvalue weighted by Crippen LogP contribution is 2.42. The lowest BCUT2D eigenvalue weighted by Crippen LogP contribution is -2.34. The number of fused-ring (bicyclic) bond motifs is 2. The first-order chi connectivity index (χ1) is 12.8. The van der Waals surface area contributed by atoms with Gasteiger partial charge in [0.1, 0.15) is 0 Å². The van der Waals surface area contributed by atoms with Gasteiger partial charge in [0.2, 0.25) is 6.41 Å². The van der Waals surface area contributed by atoms with Crippen LogP contribution in [0.25, 0.3) is 10.8 Å². The summed E-state index contributed by atoms with van der Waals surface area (Å²) in [5.74, 6) is 0. The predicted molar refractivity (Wildman–Crippen MR) is 107 cm³/mol. The molecule has 132 valence electrons. The quantitative estimate of drug-likeness (QED) is 0.637. The van der Waals surface area contributed by atoms with E-state index in [1.54, 1.807) is 0 Å². The van der Waals surface area contributed by atoms with Gasteiger partial charge in [0.05, 0.1) is 12.1 Å². The molecule has 1 unspecified atom stereocenters. The van der Waals surface area contributed by atoms with Crippen molar-refractivity contribution in [2.75, 3.05) is 11.9 Å². The van der Waals surface area contributed by atoms with Crippen molar-refractivity contribution in [2.24, 2.45) is 0 Å². The summed E-state index contributed by atoms with van der Waals surface area (Å²) in [4.78, 5) is 13.7. The third kappa shape index (κ3) is 2.94. The zero-order chi connectivity index (χ0) is 17.9. The van der Waals surface area contributed by atoms with E-state index in [-0.39, 0.29) is 12.1 Å². The molecule has 0 radical (unpaired) electrons. The van der Waals surface area contributed by atoms with E-state index in [0.29, 0.717) is 0 Å². The molecular weight excluding hydrogens is 320 g/mol. The van der Waals surface area contributed by atoms with Gasteiger partial charge < -0.3 is 10.2 Å². The predicted octanol–water partition coefficient (Wildman–Crippen LogP) is 5.31. The lowest BCUT2D eigenvalue weighted by molar-refractivity contribution is -0.120. The van der Waals surface area contributed by atoms with Crippen LogP contribution in [0.2, 0.25) is 0 Å². The van der Waals surface area contributed by atoms with Crippen molar-refractivity contribution in [3.8, 4) is 0 Å². The second-order valence-electron chi connectivity index (χ2n) is 6.95. The molecule has 0 saturated carbocycles. The number of hydrogen-bond donors (Lipinski definition) is 1. The summed E-state index contributed by atoms with van der Waals surface area (Å²) in [6.07, 6.45) is 2.85. The van der Waals surface area contributed by atoms with E-state index in [1.165, 1.54) is 21.9 Å². The zero-order valence-corrected chi connectivity index (χ0v) is 15.1. The molecule has 1 aliphatic rings. The van der Waals surface area contributed by atoms with Crippen molar-refractivity contribution in [2.45, 2.75) is 31.8 Å². The molecule has 3 nitrogen and oxygen atoms in total. The molecular formula is C23H24N2O. The molecule has 0 aromatic heterocycles. The van der Waals surface area contributed by atoms with Gasteiger partial charge in [-0.15, -0.1) is 0 Å². The SMILES string of the molecule is CCCN(C=O)C1C[C@@H](c2cccc3ccccc23)Nc2ccccc21. The van der Waals surface area contributed by atoms with Gasteiger partial charge in [0.15, 0.2) is 0 Å². The first-order valence-electron chi connectivity index (χ1n) is 9.36. The van der Waals surface area contributed by atoms with Gasteiger partial charge in [-0.3, -0.25) is 4.79 Å². The first kappa shape index (κ1) is 16.6. The van der Waals surface area contributed by atoms with Crippen molar-refractivity contribution >= 4 is 22.9 Å². The van der Waals surface area contributed by atoms with Gasteiger partial charge in [0.25, 0.3) is 0 Å². The number of nitrogens with zero attached hydrogens (tertiary/aromatic N) is 1. The summed E-state index contributed by atoms with van der Waals surface area (Å²) in [6, 6.07) is 23.6. The number of benzene rings is 3. The normalized spacial score (nSPS) is 18.8. The average Bonchev–Trinajstić information content (AvgIpc) is 2.71. The maximum Gasteiger partial charge on any atom is 0.210 e. The zero-order valence-electron chi connectivity index (χ0n) is 15.1. The average molecular weight is 344 g/mol. The number of anilines is 1. The van der Waals surface area contributed by atoms with E-state index in [0.717, 1.165) is 31.5 Å². The van der Waals surface area contributed by atoms with Crippen LogP contribution in [0.1, 0.15) is 43.0 Å². The summed E-state index contributed by atoms with van der Waals surface area (Å²) in [5.41, 5.74) is 3.64. The summed E-state index contributed by atoms with van der Waals surface area (Å²) < 4.78 is 0. The fraction of sp³-hybridized carbons (Fsp3) is 0.261. The van der Waals surface area contributed by atoms with Crippen molar-refractivity contribution < 1.29 is 4.79 Å². The fourth-order valence-electron chi connectivity index (χ4n) is 4.13. The Morgan fingerprint density at radius 1 is 1.00 bits per heavy atom. The van der Waals surface area contributed by atoms with E-state index >= 15 is 0 Å². The van der Waals surface area contributed by atoms with Gasteiger partial charge in [0, 0.05) is 12.2 Å². The summed E-state index contributed by atoms with van der Waals surface area (Å²) in [5, 5.41) is 6.24. The highest BCUT2D eigenvalue weighted by molar-refractivity contribution is 5.86. The highest BCUT2D eigenvalue weighted by atomic mass is 16.1. The van der Waals surface area contributed by atoms with Crippen LogP contribution in [0, 0.1) is 0 Å². The second-order valence-corrected chi connectivity index (χ2v) is 6.95. The standard InChI is InChI=1S/C23H24N2O/c1-2-14-25(16-26)23-15-22(24-21-13-6-5-11-20(21)23)19-12-7-9-17-8-3-4-10-18(17)19/h3-13,16,22-24H,2,14-15H2,1H3/t22-,23?/m0/s1. The van der Waals surface area contributed by atoms with E-state index < -0.39 is 0 Å². The molecule has 0 saturated heterocycles.